The number of carbonyl (C=O) groups excluding carboxylic acids is 1. The van der Waals surface area contributed by atoms with Crippen LogP contribution >= 0.6 is 0 Å². The molecule has 9 heteroatoms. The number of aromatic nitrogens is 2. The van der Waals surface area contributed by atoms with Crippen LogP contribution in [0.2, 0.25) is 0 Å². The van der Waals surface area contributed by atoms with Crippen LogP contribution in [0.1, 0.15) is 10.4 Å². The maximum atomic E-state index is 13.5. The van der Waals surface area contributed by atoms with Crippen molar-refractivity contribution in [1.29, 1.82) is 0 Å². The third kappa shape index (κ3) is 4.01. The van der Waals surface area contributed by atoms with Crippen molar-refractivity contribution in [1.82, 2.24) is 18.8 Å². The number of rotatable bonds is 4. The average Bonchev–Trinajstić information content (AvgIpc) is 3.28. The summed E-state index contributed by atoms with van der Waals surface area (Å²) in [5.74, 6) is -0.753. The van der Waals surface area contributed by atoms with Gasteiger partial charge < -0.3 is 4.90 Å². The zero-order valence-electron chi connectivity index (χ0n) is 17.6. The van der Waals surface area contributed by atoms with E-state index in [4.69, 9.17) is 0 Å². The van der Waals surface area contributed by atoms with Crippen LogP contribution in [0.4, 0.5) is 4.39 Å². The number of imidazole rings is 1. The topological polar surface area (TPSA) is 75.5 Å². The summed E-state index contributed by atoms with van der Waals surface area (Å²) in [4.78, 5) is 18.9. The molecule has 0 saturated carbocycles. The highest BCUT2D eigenvalue weighted by Gasteiger charge is 2.30. The van der Waals surface area contributed by atoms with Gasteiger partial charge in [0.15, 0.2) is 0 Å². The Balaban J connectivity index is 1.27. The summed E-state index contributed by atoms with van der Waals surface area (Å²) in [6.07, 6.45) is 1.75. The second-order valence-corrected chi connectivity index (χ2v) is 9.74. The Morgan fingerprint density at radius 2 is 1.61 bits per heavy atom. The Morgan fingerprint density at radius 1 is 0.879 bits per heavy atom. The molecule has 1 saturated heterocycles. The number of benzene rings is 3. The molecule has 0 bridgehead atoms. The van der Waals surface area contributed by atoms with Gasteiger partial charge in [-0.05, 0) is 54.6 Å². The van der Waals surface area contributed by atoms with E-state index in [1.54, 1.807) is 23.4 Å². The monoisotopic (exact) mass is 464 g/mol. The minimum absolute atomic E-state index is 0.0788. The lowest BCUT2D eigenvalue weighted by Crippen LogP contribution is -2.50. The van der Waals surface area contributed by atoms with Crippen LogP contribution < -0.4 is 0 Å². The number of carbonyl (C=O) groups is 1. The standard InChI is InChI=1S/C24H21FN4O3S/c25-19-4-3-5-21(16-19)33(31,32)28-14-12-27(13-15-28)24(30)18-8-10-20(11-9-18)29-17-26-22-6-1-2-7-23(22)29/h1-11,16-17H,12-15H2. The lowest BCUT2D eigenvalue weighted by molar-refractivity contribution is 0.0698. The molecule has 0 radical (unpaired) electrons. The van der Waals surface area contributed by atoms with Gasteiger partial charge in [-0.15, -0.1) is 0 Å². The molecule has 1 aromatic heterocycles. The van der Waals surface area contributed by atoms with E-state index in [-0.39, 0.29) is 37.0 Å². The van der Waals surface area contributed by atoms with Crippen molar-refractivity contribution in [2.75, 3.05) is 26.2 Å². The molecule has 1 aliphatic heterocycles. The first-order valence-corrected chi connectivity index (χ1v) is 11.9. The minimum atomic E-state index is -3.80. The van der Waals surface area contributed by atoms with E-state index in [0.717, 1.165) is 22.8 Å². The molecule has 1 aliphatic rings. The molecule has 0 unspecified atom stereocenters. The molecule has 0 atom stereocenters. The van der Waals surface area contributed by atoms with Gasteiger partial charge in [-0.1, -0.05) is 18.2 Å². The zero-order valence-corrected chi connectivity index (χ0v) is 18.5. The number of fused-ring (bicyclic) bond motifs is 1. The molecule has 0 spiro atoms. The van der Waals surface area contributed by atoms with Gasteiger partial charge in [0, 0.05) is 37.4 Å². The fraction of sp³-hybridized carbons (Fsp3) is 0.167. The number of sulfonamides is 1. The number of nitrogens with zero attached hydrogens (tertiary/aromatic N) is 4. The second kappa shape index (κ2) is 8.42. The molecule has 0 N–H and O–H groups in total. The highest BCUT2D eigenvalue weighted by Crippen LogP contribution is 2.21. The van der Waals surface area contributed by atoms with E-state index in [1.165, 1.54) is 22.5 Å². The molecule has 1 fully saturated rings. The van der Waals surface area contributed by atoms with Crippen LogP contribution in [0.15, 0.2) is 84.0 Å². The first-order valence-electron chi connectivity index (χ1n) is 10.5. The van der Waals surface area contributed by atoms with E-state index in [2.05, 4.69) is 4.98 Å². The molecule has 3 aromatic carbocycles. The highest BCUT2D eigenvalue weighted by molar-refractivity contribution is 7.89. The van der Waals surface area contributed by atoms with E-state index in [1.807, 2.05) is 41.0 Å². The molecule has 7 nitrogen and oxygen atoms in total. The van der Waals surface area contributed by atoms with Crippen LogP contribution in [0.3, 0.4) is 0 Å². The molecule has 33 heavy (non-hydrogen) atoms. The summed E-state index contributed by atoms with van der Waals surface area (Å²) in [6.45, 7) is 0.843. The van der Waals surface area contributed by atoms with Crippen molar-refractivity contribution in [2.45, 2.75) is 4.90 Å². The number of hydrogen-bond acceptors (Lipinski definition) is 4. The lowest BCUT2D eigenvalue weighted by Gasteiger charge is -2.34. The SMILES string of the molecule is O=C(c1ccc(-n2cnc3ccccc32)cc1)N1CCN(S(=O)(=O)c2cccc(F)c2)CC1. The molecule has 168 valence electrons. The van der Waals surface area contributed by atoms with Gasteiger partial charge in [0.2, 0.25) is 10.0 Å². The first-order chi connectivity index (χ1) is 15.9. The van der Waals surface area contributed by atoms with Gasteiger partial charge >= 0.3 is 0 Å². The Bertz CT molecular complexity index is 1430. The van der Waals surface area contributed by atoms with Gasteiger partial charge in [-0.2, -0.15) is 4.31 Å². The molecular weight excluding hydrogens is 443 g/mol. The fourth-order valence-electron chi connectivity index (χ4n) is 4.02. The fourth-order valence-corrected chi connectivity index (χ4v) is 5.47. The van der Waals surface area contributed by atoms with Gasteiger partial charge in [0.25, 0.3) is 5.91 Å². The van der Waals surface area contributed by atoms with Gasteiger partial charge in [-0.25, -0.2) is 17.8 Å². The maximum absolute atomic E-state index is 13.5. The van der Waals surface area contributed by atoms with Crippen molar-refractivity contribution in [3.05, 3.63) is 90.5 Å². The summed E-state index contributed by atoms with van der Waals surface area (Å²) < 4.78 is 42.3. The van der Waals surface area contributed by atoms with Crippen LogP contribution in [-0.4, -0.2) is 59.3 Å². The van der Waals surface area contributed by atoms with E-state index in [0.29, 0.717) is 5.56 Å². The van der Waals surface area contributed by atoms with Crippen molar-refractivity contribution in [3.8, 4) is 5.69 Å². The quantitative estimate of drug-likeness (QED) is 0.464. The number of piperazine rings is 1. The summed E-state index contributed by atoms with van der Waals surface area (Å²) in [5, 5.41) is 0. The summed E-state index contributed by atoms with van der Waals surface area (Å²) >= 11 is 0. The van der Waals surface area contributed by atoms with Gasteiger partial charge in [-0.3, -0.25) is 9.36 Å². The summed E-state index contributed by atoms with van der Waals surface area (Å²) in [6, 6.07) is 20.0. The summed E-state index contributed by atoms with van der Waals surface area (Å²) in [5.41, 5.74) is 3.30. The molecule has 1 amide bonds. The Morgan fingerprint density at radius 3 is 2.33 bits per heavy atom. The molecule has 5 rings (SSSR count). The van der Waals surface area contributed by atoms with E-state index >= 15 is 0 Å². The predicted octanol–water partition coefficient (Wildman–Crippen LogP) is 3.31. The van der Waals surface area contributed by atoms with Crippen molar-refractivity contribution in [3.63, 3.8) is 0 Å². The number of halogens is 1. The van der Waals surface area contributed by atoms with Crippen molar-refractivity contribution >= 4 is 27.0 Å². The van der Waals surface area contributed by atoms with Crippen molar-refractivity contribution < 1.29 is 17.6 Å². The third-order valence-electron chi connectivity index (χ3n) is 5.81. The Hall–Kier alpha value is -3.56. The summed E-state index contributed by atoms with van der Waals surface area (Å²) in [7, 11) is -3.80. The Kier molecular flexibility index (Phi) is 5.43. The molecule has 0 aliphatic carbocycles. The minimum Gasteiger partial charge on any atom is -0.336 e. The van der Waals surface area contributed by atoms with Crippen LogP contribution in [0.25, 0.3) is 16.7 Å². The normalized spacial score (nSPS) is 15.1. The van der Waals surface area contributed by atoms with Crippen LogP contribution in [0, 0.1) is 5.82 Å². The third-order valence-corrected chi connectivity index (χ3v) is 7.70. The van der Waals surface area contributed by atoms with E-state index < -0.39 is 15.8 Å². The van der Waals surface area contributed by atoms with Gasteiger partial charge in [0.05, 0.1) is 15.9 Å². The van der Waals surface area contributed by atoms with Crippen molar-refractivity contribution in [2.24, 2.45) is 0 Å². The van der Waals surface area contributed by atoms with Crippen LogP contribution in [0.5, 0.6) is 0 Å². The number of amides is 1. The first kappa shape index (κ1) is 21.3. The maximum Gasteiger partial charge on any atom is 0.253 e. The van der Waals surface area contributed by atoms with E-state index in [9.17, 15) is 17.6 Å². The average molecular weight is 465 g/mol. The lowest BCUT2D eigenvalue weighted by atomic mass is 10.1. The largest absolute Gasteiger partial charge is 0.336 e. The molecule has 4 aromatic rings. The van der Waals surface area contributed by atoms with Crippen LogP contribution in [-0.2, 0) is 10.0 Å². The molecule has 2 heterocycles. The second-order valence-electron chi connectivity index (χ2n) is 7.80. The smallest absolute Gasteiger partial charge is 0.253 e. The number of para-hydroxylation sites is 2. The Labute approximate surface area is 190 Å². The highest BCUT2D eigenvalue weighted by atomic mass is 32.2. The zero-order chi connectivity index (χ0) is 23.0. The molecular formula is C24H21FN4O3S. The number of hydrogen-bond donors (Lipinski definition) is 0. The predicted molar refractivity (Wildman–Crippen MR) is 122 cm³/mol. The van der Waals surface area contributed by atoms with Gasteiger partial charge in [0.1, 0.15) is 12.1 Å².